The Balaban J connectivity index is 2.29. The minimum atomic E-state index is -0.119. The first kappa shape index (κ1) is 6.16. The molecule has 1 saturated heterocycles. The van der Waals surface area contributed by atoms with Gasteiger partial charge in [0.25, 0.3) is 0 Å². The number of aliphatic hydroxyl groups is 1. The van der Waals surface area contributed by atoms with Crippen LogP contribution in [0.15, 0.2) is 0 Å². The molecule has 46 valence electrons. The molecule has 0 aromatic heterocycles. The number of epoxide rings is 1. The Hall–Kier alpha value is -0.960. The Morgan fingerprint density at radius 3 is 2.89 bits per heavy atom. The standard InChI is InChI=1S/C7H6O2/c1-2-3-4-6-7(5-8)9-6/h1,6-8H,5H2/t6-,7-/m0/s1. The van der Waals surface area contributed by atoms with E-state index in [0.717, 1.165) is 0 Å². The van der Waals surface area contributed by atoms with E-state index < -0.39 is 0 Å². The molecule has 1 aliphatic heterocycles. The van der Waals surface area contributed by atoms with Gasteiger partial charge in [0.05, 0.1) is 6.61 Å². The number of rotatable bonds is 1. The summed E-state index contributed by atoms with van der Waals surface area (Å²) >= 11 is 0. The summed E-state index contributed by atoms with van der Waals surface area (Å²) in [7, 11) is 0. The van der Waals surface area contributed by atoms with Crippen LogP contribution < -0.4 is 0 Å². The predicted molar refractivity (Wildman–Crippen MR) is 32.4 cm³/mol. The molecule has 1 fully saturated rings. The van der Waals surface area contributed by atoms with Crippen LogP contribution in [0.4, 0.5) is 0 Å². The summed E-state index contributed by atoms with van der Waals surface area (Å²) < 4.78 is 4.85. The van der Waals surface area contributed by atoms with E-state index in [1.807, 2.05) is 0 Å². The number of terminal acetylenes is 1. The molecule has 0 radical (unpaired) electrons. The summed E-state index contributed by atoms with van der Waals surface area (Å²) in [5.41, 5.74) is 0. The maximum atomic E-state index is 8.43. The molecule has 0 amide bonds. The number of hydrogen-bond donors (Lipinski definition) is 1. The Morgan fingerprint density at radius 1 is 1.67 bits per heavy atom. The molecule has 2 atom stereocenters. The lowest BCUT2D eigenvalue weighted by molar-refractivity contribution is 0.243. The van der Waals surface area contributed by atoms with Crippen molar-refractivity contribution >= 4 is 0 Å². The van der Waals surface area contributed by atoms with Crippen LogP contribution in [-0.4, -0.2) is 23.9 Å². The van der Waals surface area contributed by atoms with Crippen LogP contribution in [0.25, 0.3) is 0 Å². The molecule has 2 nitrogen and oxygen atoms in total. The summed E-state index contributed by atoms with van der Waals surface area (Å²) in [6.45, 7) is 0.0317. The zero-order chi connectivity index (χ0) is 6.69. The molecule has 0 spiro atoms. The fourth-order valence-electron chi connectivity index (χ4n) is 0.521. The minimum Gasteiger partial charge on any atom is -0.394 e. The summed E-state index contributed by atoms with van der Waals surface area (Å²) in [5.74, 6) is 7.22. The predicted octanol–water partition coefficient (Wildman–Crippen LogP) is -0.617. The van der Waals surface area contributed by atoms with Crippen LogP contribution in [-0.2, 0) is 4.74 Å². The highest BCUT2D eigenvalue weighted by molar-refractivity contribution is 5.26. The first-order valence-electron chi connectivity index (χ1n) is 2.61. The monoisotopic (exact) mass is 122 g/mol. The third-order valence-corrected chi connectivity index (χ3v) is 1.05. The fourth-order valence-corrected chi connectivity index (χ4v) is 0.521. The normalized spacial score (nSPS) is 29.8. The van der Waals surface area contributed by atoms with Crippen molar-refractivity contribution in [1.29, 1.82) is 0 Å². The van der Waals surface area contributed by atoms with Gasteiger partial charge in [0, 0.05) is 0 Å². The van der Waals surface area contributed by atoms with E-state index in [0.29, 0.717) is 0 Å². The van der Waals surface area contributed by atoms with Gasteiger partial charge in [0.2, 0.25) is 0 Å². The van der Waals surface area contributed by atoms with E-state index in [-0.39, 0.29) is 18.8 Å². The van der Waals surface area contributed by atoms with Crippen LogP contribution in [0.5, 0.6) is 0 Å². The maximum Gasteiger partial charge on any atom is 0.148 e. The van der Waals surface area contributed by atoms with Crippen molar-refractivity contribution < 1.29 is 9.84 Å². The second kappa shape index (κ2) is 2.55. The lowest BCUT2D eigenvalue weighted by atomic mass is 10.3. The third kappa shape index (κ3) is 1.47. The van der Waals surface area contributed by atoms with E-state index >= 15 is 0 Å². The molecule has 2 heteroatoms. The van der Waals surface area contributed by atoms with Crippen molar-refractivity contribution in [2.24, 2.45) is 0 Å². The Labute approximate surface area is 53.8 Å². The fraction of sp³-hybridized carbons (Fsp3) is 0.429. The highest BCUT2D eigenvalue weighted by atomic mass is 16.6. The van der Waals surface area contributed by atoms with Crippen LogP contribution in [0.2, 0.25) is 0 Å². The summed E-state index contributed by atoms with van der Waals surface area (Å²) in [4.78, 5) is 0. The zero-order valence-corrected chi connectivity index (χ0v) is 4.79. The van der Waals surface area contributed by atoms with E-state index in [9.17, 15) is 0 Å². The van der Waals surface area contributed by atoms with E-state index in [1.54, 1.807) is 0 Å². The lowest BCUT2D eigenvalue weighted by Crippen LogP contribution is -1.95. The van der Waals surface area contributed by atoms with Crippen molar-refractivity contribution in [3.8, 4) is 24.2 Å². The molecule has 1 heterocycles. The SMILES string of the molecule is C#CC#C[C@@H]1O[C@H]1CO. The van der Waals surface area contributed by atoms with Gasteiger partial charge >= 0.3 is 0 Å². The molecule has 1 rings (SSSR count). The van der Waals surface area contributed by atoms with Crippen molar-refractivity contribution in [2.75, 3.05) is 6.61 Å². The average Bonchev–Trinajstić information content (AvgIpc) is 2.62. The summed E-state index contributed by atoms with van der Waals surface area (Å²) in [6.07, 6.45) is 4.64. The Morgan fingerprint density at radius 2 is 2.44 bits per heavy atom. The van der Waals surface area contributed by atoms with Crippen molar-refractivity contribution in [3.63, 3.8) is 0 Å². The van der Waals surface area contributed by atoms with Gasteiger partial charge in [0.15, 0.2) is 0 Å². The van der Waals surface area contributed by atoms with Crippen molar-refractivity contribution in [3.05, 3.63) is 0 Å². The molecular weight excluding hydrogens is 116 g/mol. The van der Waals surface area contributed by atoms with Gasteiger partial charge in [-0.25, -0.2) is 0 Å². The highest BCUT2D eigenvalue weighted by Gasteiger charge is 2.36. The summed E-state index contributed by atoms with van der Waals surface area (Å²) in [6, 6.07) is 0. The topological polar surface area (TPSA) is 32.8 Å². The van der Waals surface area contributed by atoms with Gasteiger partial charge in [-0.2, -0.15) is 0 Å². The first-order valence-corrected chi connectivity index (χ1v) is 2.61. The molecule has 9 heavy (non-hydrogen) atoms. The molecule has 0 saturated carbocycles. The third-order valence-electron chi connectivity index (χ3n) is 1.05. The average molecular weight is 122 g/mol. The molecule has 0 bridgehead atoms. The van der Waals surface area contributed by atoms with E-state index in [4.69, 9.17) is 16.3 Å². The number of aliphatic hydroxyl groups excluding tert-OH is 1. The minimum absolute atomic E-state index is 0.0317. The maximum absolute atomic E-state index is 8.43. The molecule has 0 aliphatic carbocycles. The second-order valence-corrected chi connectivity index (χ2v) is 1.69. The van der Waals surface area contributed by atoms with Crippen LogP contribution >= 0.6 is 0 Å². The van der Waals surface area contributed by atoms with E-state index in [2.05, 4.69) is 17.8 Å². The van der Waals surface area contributed by atoms with Gasteiger partial charge < -0.3 is 9.84 Å². The molecule has 1 aliphatic rings. The van der Waals surface area contributed by atoms with Crippen LogP contribution in [0.3, 0.4) is 0 Å². The van der Waals surface area contributed by atoms with Gasteiger partial charge in [-0.1, -0.05) is 5.92 Å². The number of ether oxygens (including phenoxy) is 1. The van der Waals surface area contributed by atoms with Crippen molar-refractivity contribution in [1.82, 2.24) is 0 Å². The Bertz CT molecular complexity index is 191. The Kier molecular flexibility index (Phi) is 1.75. The lowest BCUT2D eigenvalue weighted by Gasteiger charge is -1.73. The molecule has 0 aromatic carbocycles. The molecular formula is C7H6O2. The first-order chi connectivity index (χ1) is 4.38. The number of hydrogen-bond acceptors (Lipinski definition) is 2. The van der Waals surface area contributed by atoms with Crippen LogP contribution in [0.1, 0.15) is 0 Å². The van der Waals surface area contributed by atoms with Gasteiger partial charge in [0.1, 0.15) is 12.2 Å². The van der Waals surface area contributed by atoms with Gasteiger partial charge in [-0.15, -0.1) is 6.42 Å². The smallest absolute Gasteiger partial charge is 0.148 e. The van der Waals surface area contributed by atoms with E-state index in [1.165, 1.54) is 0 Å². The molecule has 0 aromatic rings. The van der Waals surface area contributed by atoms with Gasteiger partial charge in [-0.3, -0.25) is 0 Å². The van der Waals surface area contributed by atoms with Crippen molar-refractivity contribution in [2.45, 2.75) is 12.2 Å². The van der Waals surface area contributed by atoms with Crippen LogP contribution in [0, 0.1) is 24.2 Å². The second-order valence-electron chi connectivity index (χ2n) is 1.69. The van der Waals surface area contributed by atoms with Gasteiger partial charge in [-0.05, 0) is 11.8 Å². The zero-order valence-electron chi connectivity index (χ0n) is 4.79. The largest absolute Gasteiger partial charge is 0.394 e. The summed E-state index contributed by atoms with van der Waals surface area (Å²) in [5, 5.41) is 8.43. The molecule has 0 unspecified atom stereocenters. The molecule has 1 N–H and O–H groups in total. The quantitative estimate of drug-likeness (QED) is 0.371. The highest BCUT2D eigenvalue weighted by Crippen LogP contribution is 2.19.